The predicted octanol–water partition coefficient (Wildman–Crippen LogP) is 2.93. The molecule has 1 aliphatic carbocycles. The van der Waals surface area contributed by atoms with Gasteiger partial charge in [-0.3, -0.25) is 4.79 Å². The van der Waals surface area contributed by atoms with Crippen LogP contribution < -0.4 is 5.84 Å². The van der Waals surface area contributed by atoms with Crippen LogP contribution in [0.4, 0.5) is 0 Å². The Morgan fingerprint density at radius 1 is 1.24 bits per heavy atom. The molecule has 1 fully saturated rings. The molecule has 134 valence electrons. The second kappa shape index (κ2) is 7.91. The lowest BCUT2D eigenvalue weighted by Gasteiger charge is -2.32. The van der Waals surface area contributed by atoms with Crippen LogP contribution in [0.3, 0.4) is 0 Å². The minimum absolute atomic E-state index is 0.126. The number of amides is 1. The van der Waals surface area contributed by atoms with Crippen molar-refractivity contribution in [2.75, 3.05) is 12.9 Å². The summed E-state index contributed by atoms with van der Waals surface area (Å²) in [6.45, 7) is 1.91. The first-order valence-electron chi connectivity index (χ1n) is 8.77. The van der Waals surface area contributed by atoms with Gasteiger partial charge in [-0.1, -0.05) is 61.4 Å². The number of nitrogen functional groups attached to an aromatic ring is 1. The van der Waals surface area contributed by atoms with E-state index in [1.165, 1.54) is 35.7 Å². The molecule has 1 aliphatic rings. The van der Waals surface area contributed by atoms with Gasteiger partial charge >= 0.3 is 0 Å². The summed E-state index contributed by atoms with van der Waals surface area (Å²) in [4.78, 5) is 14.7. The molecule has 3 rings (SSSR count). The van der Waals surface area contributed by atoms with Crippen LogP contribution in [0.5, 0.6) is 0 Å². The summed E-state index contributed by atoms with van der Waals surface area (Å²) in [5.41, 5.74) is 0.905. The quantitative estimate of drug-likeness (QED) is 0.656. The van der Waals surface area contributed by atoms with Gasteiger partial charge in [-0.2, -0.15) is 0 Å². The molecule has 1 heterocycles. The minimum atomic E-state index is -0.248. The SMILES string of the molecule is CC(Sc1nnc(-c2ccccc2)n1N)C(=O)N(C)C1CCCCC1. The average Bonchev–Trinajstić information content (AvgIpc) is 3.02. The second-order valence-corrected chi connectivity index (χ2v) is 7.85. The second-order valence-electron chi connectivity index (χ2n) is 6.54. The fourth-order valence-electron chi connectivity index (χ4n) is 3.29. The van der Waals surface area contributed by atoms with Gasteiger partial charge in [0.15, 0.2) is 5.82 Å². The third kappa shape index (κ3) is 3.98. The van der Waals surface area contributed by atoms with Crippen LogP contribution in [-0.4, -0.2) is 44.0 Å². The van der Waals surface area contributed by atoms with E-state index in [1.807, 2.05) is 49.2 Å². The first kappa shape index (κ1) is 17.8. The van der Waals surface area contributed by atoms with Gasteiger partial charge in [0.05, 0.1) is 5.25 Å². The highest BCUT2D eigenvalue weighted by Crippen LogP contribution is 2.28. The van der Waals surface area contributed by atoms with Crippen LogP contribution in [0.2, 0.25) is 0 Å². The van der Waals surface area contributed by atoms with E-state index in [4.69, 9.17) is 5.84 Å². The first-order chi connectivity index (χ1) is 12.1. The number of benzene rings is 1. The van der Waals surface area contributed by atoms with Gasteiger partial charge in [0, 0.05) is 18.7 Å². The Bertz CT molecular complexity index is 712. The van der Waals surface area contributed by atoms with Crippen LogP contribution in [0.15, 0.2) is 35.5 Å². The summed E-state index contributed by atoms with van der Waals surface area (Å²) in [6.07, 6.45) is 5.90. The van der Waals surface area contributed by atoms with Crippen LogP contribution in [0.25, 0.3) is 11.4 Å². The van der Waals surface area contributed by atoms with Gasteiger partial charge < -0.3 is 10.7 Å². The predicted molar refractivity (Wildman–Crippen MR) is 101 cm³/mol. The van der Waals surface area contributed by atoms with E-state index in [2.05, 4.69) is 10.2 Å². The van der Waals surface area contributed by atoms with Crippen molar-refractivity contribution in [3.8, 4) is 11.4 Å². The zero-order valence-electron chi connectivity index (χ0n) is 14.8. The molecule has 2 N–H and O–H groups in total. The van der Waals surface area contributed by atoms with Crippen molar-refractivity contribution in [1.29, 1.82) is 0 Å². The third-order valence-corrected chi connectivity index (χ3v) is 5.84. The van der Waals surface area contributed by atoms with Gasteiger partial charge in [0.2, 0.25) is 11.1 Å². The van der Waals surface area contributed by atoms with Crippen molar-refractivity contribution in [3.63, 3.8) is 0 Å². The van der Waals surface area contributed by atoms with Crippen molar-refractivity contribution in [1.82, 2.24) is 19.8 Å². The van der Waals surface area contributed by atoms with E-state index in [-0.39, 0.29) is 11.2 Å². The summed E-state index contributed by atoms with van der Waals surface area (Å²) >= 11 is 1.36. The third-order valence-electron chi connectivity index (χ3n) is 4.80. The van der Waals surface area contributed by atoms with Crippen molar-refractivity contribution >= 4 is 17.7 Å². The molecule has 0 bridgehead atoms. The van der Waals surface area contributed by atoms with Crippen LogP contribution in [0, 0.1) is 0 Å². The van der Waals surface area contributed by atoms with E-state index in [0.717, 1.165) is 18.4 Å². The Kier molecular flexibility index (Phi) is 5.63. The molecular weight excluding hydrogens is 334 g/mol. The maximum atomic E-state index is 12.7. The maximum absolute atomic E-state index is 12.7. The Morgan fingerprint density at radius 2 is 1.92 bits per heavy atom. The standard InChI is InChI=1S/C18H25N5OS/c1-13(17(24)22(2)15-11-7-4-8-12-15)25-18-21-20-16(23(18)19)14-9-5-3-6-10-14/h3,5-6,9-10,13,15H,4,7-8,11-12,19H2,1-2H3. The maximum Gasteiger partial charge on any atom is 0.235 e. The van der Waals surface area contributed by atoms with Crippen molar-refractivity contribution < 1.29 is 4.79 Å². The highest BCUT2D eigenvalue weighted by molar-refractivity contribution is 8.00. The Hall–Kier alpha value is -2.02. The number of thioether (sulfide) groups is 1. The number of hydrogen-bond donors (Lipinski definition) is 1. The number of hydrogen-bond acceptors (Lipinski definition) is 5. The Morgan fingerprint density at radius 3 is 2.60 bits per heavy atom. The van der Waals surface area contributed by atoms with Gasteiger partial charge in [-0.05, 0) is 19.8 Å². The fourth-order valence-corrected chi connectivity index (χ4v) is 4.16. The molecule has 1 atom stereocenters. The molecule has 0 saturated heterocycles. The molecule has 25 heavy (non-hydrogen) atoms. The highest BCUT2D eigenvalue weighted by atomic mass is 32.2. The molecule has 2 aromatic rings. The van der Waals surface area contributed by atoms with E-state index in [1.54, 1.807) is 0 Å². The Balaban J connectivity index is 1.67. The number of aromatic nitrogens is 3. The van der Waals surface area contributed by atoms with Gasteiger partial charge in [-0.15, -0.1) is 10.2 Å². The van der Waals surface area contributed by atoms with E-state index < -0.39 is 0 Å². The van der Waals surface area contributed by atoms with Crippen LogP contribution in [-0.2, 0) is 4.79 Å². The first-order valence-corrected chi connectivity index (χ1v) is 9.65. The summed E-state index contributed by atoms with van der Waals surface area (Å²) in [7, 11) is 1.91. The summed E-state index contributed by atoms with van der Waals surface area (Å²) in [5.74, 6) is 6.88. The molecule has 0 radical (unpaired) electrons. The number of nitrogens with zero attached hydrogens (tertiary/aromatic N) is 4. The molecule has 0 aliphatic heterocycles. The zero-order chi connectivity index (χ0) is 17.8. The molecule has 0 spiro atoms. The van der Waals surface area contributed by atoms with Crippen molar-refractivity contribution in [3.05, 3.63) is 30.3 Å². The zero-order valence-corrected chi connectivity index (χ0v) is 15.6. The number of rotatable bonds is 5. The lowest BCUT2D eigenvalue weighted by Crippen LogP contribution is -2.42. The molecule has 1 unspecified atom stereocenters. The molecule has 1 aromatic heterocycles. The average molecular weight is 359 g/mol. The molecule has 6 nitrogen and oxygen atoms in total. The molecule has 1 aromatic carbocycles. The Labute approximate surface area is 152 Å². The van der Waals surface area contributed by atoms with E-state index in [0.29, 0.717) is 17.0 Å². The monoisotopic (exact) mass is 359 g/mol. The molecule has 7 heteroatoms. The summed E-state index contributed by atoms with van der Waals surface area (Å²) in [6, 6.07) is 10.0. The van der Waals surface area contributed by atoms with Crippen LogP contribution >= 0.6 is 11.8 Å². The molecular formula is C18H25N5OS. The smallest absolute Gasteiger partial charge is 0.235 e. The number of nitrogens with two attached hydrogens (primary N) is 1. The topological polar surface area (TPSA) is 77.0 Å². The lowest BCUT2D eigenvalue weighted by molar-refractivity contribution is -0.131. The number of carbonyl (C=O) groups excluding carboxylic acids is 1. The molecule has 1 saturated carbocycles. The van der Waals surface area contributed by atoms with E-state index in [9.17, 15) is 4.79 Å². The minimum Gasteiger partial charge on any atom is -0.342 e. The number of carbonyl (C=O) groups is 1. The normalized spacial score (nSPS) is 16.6. The van der Waals surface area contributed by atoms with Crippen molar-refractivity contribution in [2.24, 2.45) is 0 Å². The lowest BCUT2D eigenvalue weighted by atomic mass is 9.94. The molecule has 1 amide bonds. The summed E-state index contributed by atoms with van der Waals surface area (Å²) < 4.78 is 1.46. The van der Waals surface area contributed by atoms with E-state index >= 15 is 0 Å². The fraction of sp³-hybridized carbons (Fsp3) is 0.500. The van der Waals surface area contributed by atoms with Gasteiger partial charge in [0.1, 0.15) is 0 Å². The summed E-state index contributed by atoms with van der Waals surface area (Å²) in [5, 5.41) is 8.65. The van der Waals surface area contributed by atoms with Crippen LogP contribution in [0.1, 0.15) is 39.0 Å². The highest BCUT2D eigenvalue weighted by Gasteiger charge is 2.27. The van der Waals surface area contributed by atoms with Gasteiger partial charge in [0.25, 0.3) is 0 Å². The largest absolute Gasteiger partial charge is 0.342 e. The van der Waals surface area contributed by atoms with Gasteiger partial charge in [-0.25, -0.2) is 4.68 Å². The van der Waals surface area contributed by atoms with Crippen molar-refractivity contribution in [2.45, 2.75) is 55.5 Å².